The predicted molar refractivity (Wildman–Crippen MR) is 94.9 cm³/mol. The highest BCUT2D eigenvalue weighted by Gasteiger charge is 2.28. The Morgan fingerprint density at radius 2 is 2.22 bits per heavy atom. The molecule has 0 unspecified atom stereocenters. The highest BCUT2D eigenvalue weighted by atomic mass is 32.1. The van der Waals surface area contributed by atoms with Gasteiger partial charge in [0.25, 0.3) is 0 Å². The Bertz CT molecular complexity index is 819. The largest absolute Gasteiger partial charge is 0.313 e. The molecule has 3 aromatic heterocycles. The average Bonchev–Trinajstić information content (AvgIpc) is 3.25. The van der Waals surface area contributed by atoms with Gasteiger partial charge in [0.15, 0.2) is 5.65 Å². The Hall–Kier alpha value is -1.72. The smallest absolute Gasteiger partial charge is 0.159 e. The molecule has 1 atom stereocenters. The van der Waals surface area contributed by atoms with Gasteiger partial charge in [-0.1, -0.05) is 0 Å². The van der Waals surface area contributed by atoms with Crippen molar-refractivity contribution in [2.75, 3.05) is 13.1 Å². The fraction of sp³-hybridized carbons (Fsp3) is 0.444. The van der Waals surface area contributed by atoms with Gasteiger partial charge >= 0.3 is 0 Å². The zero-order valence-corrected chi connectivity index (χ0v) is 14.5. The second-order valence-corrected chi connectivity index (χ2v) is 7.67. The minimum absolute atomic E-state index is 0.519. The van der Waals surface area contributed by atoms with Gasteiger partial charge in [-0.2, -0.15) is 0 Å². The molecule has 4 rings (SSSR count). The fourth-order valence-corrected chi connectivity index (χ4v) is 4.51. The van der Waals surface area contributed by atoms with Gasteiger partial charge in [0.1, 0.15) is 11.3 Å². The Morgan fingerprint density at radius 1 is 1.30 bits per heavy atom. The summed E-state index contributed by atoms with van der Waals surface area (Å²) < 4.78 is 2.29. The van der Waals surface area contributed by atoms with Gasteiger partial charge in [0.05, 0.1) is 0 Å². The number of hydrogen-bond donors (Lipinski definition) is 0. The van der Waals surface area contributed by atoms with Crippen molar-refractivity contribution in [3.63, 3.8) is 0 Å². The van der Waals surface area contributed by atoms with Crippen molar-refractivity contribution in [1.82, 2.24) is 19.4 Å². The molecule has 4 heterocycles. The van der Waals surface area contributed by atoms with Gasteiger partial charge < -0.3 is 4.57 Å². The maximum Gasteiger partial charge on any atom is 0.159 e. The summed E-state index contributed by atoms with van der Waals surface area (Å²) in [6, 6.07) is 8.52. The van der Waals surface area contributed by atoms with Crippen LogP contribution in [0, 0.1) is 6.92 Å². The molecule has 1 fully saturated rings. The molecule has 1 saturated heterocycles. The van der Waals surface area contributed by atoms with Crippen molar-refractivity contribution in [1.29, 1.82) is 0 Å². The fourth-order valence-electron chi connectivity index (χ4n) is 3.58. The molecule has 0 spiro atoms. The molecule has 0 N–H and O–H groups in total. The van der Waals surface area contributed by atoms with E-state index in [1.807, 2.05) is 23.6 Å². The van der Waals surface area contributed by atoms with Gasteiger partial charge in [-0.15, -0.1) is 11.3 Å². The number of pyridine rings is 1. The van der Waals surface area contributed by atoms with Crippen LogP contribution in [-0.4, -0.2) is 32.5 Å². The predicted octanol–water partition coefficient (Wildman–Crippen LogP) is 3.81. The van der Waals surface area contributed by atoms with Crippen LogP contribution in [-0.2, 0) is 13.1 Å². The number of aryl methyl sites for hydroxylation is 2. The van der Waals surface area contributed by atoms with Crippen LogP contribution in [0.2, 0.25) is 0 Å². The van der Waals surface area contributed by atoms with E-state index in [4.69, 9.17) is 4.98 Å². The summed E-state index contributed by atoms with van der Waals surface area (Å²) in [4.78, 5) is 14.8. The number of thiophene rings is 1. The molecule has 3 aromatic rings. The molecule has 1 aliphatic rings. The Morgan fingerprint density at radius 3 is 3.00 bits per heavy atom. The molecule has 4 nitrogen and oxygen atoms in total. The standard InChI is InChI=1S/C18H22N4S/c1-3-22-17(20-16-5-4-9-19-18(16)22)14-8-10-21(11-14)12-15-7-6-13(2)23-15/h4-7,9,14H,3,8,10-12H2,1-2H3/t14-/m0/s1. The lowest BCUT2D eigenvalue weighted by Gasteiger charge is -2.15. The summed E-state index contributed by atoms with van der Waals surface area (Å²) >= 11 is 1.91. The van der Waals surface area contributed by atoms with E-state index < -0.39 is 0 Å². The maximum absolute atomic E-state index is 4.89. The minimum Gasteiger partial charge on any atom is -0.313 e. The lowest BCUT2D eigenvalue weighted by molar-refractivity contribution is 0.328. The van der Waals surface area contributed by atoms with Gasteiger partial charge in [0.2, 0.25) is 0 Å². The molecule has 1 aliphatic heterocycles. The van der Waals surface area contributed by atoms with E-state index in [9.17, 15) is 0 Å². The number of hydrogen-bond acceptors (Lipinski definition) is 4. The van der Waals surface area contributed by atoms with Crippen LogP contribution in [0.5, 0.6) is 0 Å². The summed E-state index contributed by atoms with van der Waals surface area (Å²) in [7, 11) is 0. The average molecular weight is 326 g/mol. The number of rotatable bonds is 4. The monoisotopic (exact) mass is 326 g/mol. The topological polar surface area (TPSA) is 34.0 Å². The molecule has 120 valence electrons. The number of nitrogens with zero attached hydrogens (tertiary/aromatic N) is 4. The SMILES string of the molecule is CCn1c([C@H]2CCN(Cc3ccc(C)s3)C2)nc2cccnc21. The summed E-state index contributed by atoms with van der Waals surface area (Å²) in [5, 5.41) is 0. The third kappa shape index (κ3) is 2.79. The molecule has 0 radical (unpaired) electrons. The van der Waals surface area contributed by atoms with E-state index in [1.54, 1.807) is 0 Å². The van der Waals surface area contributed by atoms with Crippen LogP contribution in [0.1, 0.15) is 34.8 Å². The summed E-state index contributed by atoms with van der Waals surface area (Å²) in [5.74, 6) is 1.73. The van der Waals surface area contributed by atoms with Crippen molar-refractivity contribution in [2.24, 2.45) is 0 Å². The maximum atomic E-state index is 4.89. The number of likely N-dealkylation sites (tertiary alicyclic amines) is 1. The molecule has 5 heteroatoms. The molecular formula is C18H22N4S. The molecule has 0 saturated carbocycles. The number of imidazole rings is 1. The van der Waals surface area contributed by atoms with E-state index in [1.165, 1.54) is 22.0 Å². The lowest BCUT2D eigenvalue weighted by atomic mass is 10.1. The van der Waals surface area contributed by atoms with Crippen LogP contribution in [0.25, 0.3) is 11.2 Å². The molecule has 0 aromatic carbocycles. The van der Waals surface area contributed by atoms with E-state index >= 15 is 0 Å². The van der Waals surface area contributed by atoms with Crippen LogP contribution in [0.15, 0.2) is 30.5 Å². The molecule has 0 amide bonds. The molecule has 23 heavy (non-hydrogen) atoms. The Kier molecular flexibility index (Phi) is 3.91. The first-order valence-electron chi connectivity index (χ1n) is 8.33. The zero-order chi connectivity index (χ0) is 15.8. The normalized spacial score (nSPS) is 19.0. The van der Waals surface area contributed by atoms with Gasteiger partial charge in [-0.3, -0.25) is 4.90 Å². The quantitative estimate of drug-likeness (QED) is 0.731. The van der Waals surface area contributed by atoms with Crippen LogP contribution in [0.3, 0.4) is 0 Å². The first kappa shape index (κ1) is 14.8. The van der Waals surface area contributed by atoms with Crippen molar-refractivity contribution in [3.05, 3.63) is 46.0 Å². The third-order valence-corrected chi connectivity index (χ3v) is 5.65. The van der Waals surface area contributed by atoms with E-state index in [2.05, 4.69) is 46.5 Å². The second kappa shape index (κ2) is 6.06. The van der Waals surface area contributed by atoms with Gasteiger partial charge in [-0.05, 0) is 51.1 Å². The Labute approximate surface area is 140 Å². The number of fused-ring (bicyclic) bond motifs is 1. The van der Waals surface area contributed by atoms with Crippen molar-refractivity contribution in [3.8, 4) is 0 Å². The summed E-state index contributed by atoms with van der Waals surface area (Å²) in [6.07, 6.45) is 3.05. The van der Waals surface area contributed by atoms with Gasteiger partial charge in [0, 0.05) is 41.5 Å². The number of aromatic nitrogens is 3. The van der Waals surface area contributed by atoms with Crippen molar-refractivity contribution >= 4 is 22.5 Å². The lowest BCUT2D eigenvalue weighted by Crippen LogP contribution is -2.20. The van der Waals surface area contributed by atoms with Gasteiger partial charge in [-0.25, -0.2) is 9.97 Å². The van der Waals surface area contributed by atoms with Crippen molar-refractivity contribution in [2.45, 2.75) is 39.3 Å². The highest BCUT2D eigenvalue weighted by Crippen LogP contribution is 2.30. The summed E-state index contributed by atoms with van der Waals surface area (Å²) in [6.45, 7) is 8.61. The highest BCUT2D eigenvalue weighted by molar-refractivity contribution is 7.11. The van der Waals surface area contributed by atoms with Crippen LogP contribution < -0.4 is 0 Å². The first-order valence-corrected chi connectivity index (χ1v) is 9.15. The van der Waals surface area contributed by atoms with Crippen LogP contribution >= 0.6 is 11.3 Å². The Balaban J connectivity index is 1.55. The van der Waals surface area contributed by atoms with E-state index in [0.29, 0.717) is 5.92 Å². The minimum atomic E-state index is 0.519. The first-order chi connectivity index (χ1) is 11.2. The third-order valence-electron chi connectivity index (χ3n) is 4.66. The van der Waals surface area contributed by atoms with E-state index in [-0.39, 0.29) is 0 Å². The zero-order valence-electron chi connectivity index (χ0n) is 13.7. The molecular weight excluding hydrogens is 304 g/mol. The van der Waals surface area contributed by atoms with E-state index in [0.717, 1.165) is 37.3 Å². The van der Waals surface area contributed by atoms with Crippen LogP contribution in [0.4, 0.5) is 0 Å². The second-order valence-electron chi connectivity index (χ2n) is 6.29. The molecule has 0 bridgehead atoms. The molecule has 0 aliphatic carbocycles. The van der Waals surface area contributed by atoms with Crippen molar-refractivity contribution < 1.29 is 0 Å². The summed E-state index contributed by atoms with van der Waals surface area (Å²) in [5.41, 5.74) is 2.05.